The van der Waals surface area contributed by atoms with E-state index >= 15 is 0 Å². The monoisotopic (exact) mass is 498 g/mol. The third-order valence-corrected chi connectivity index (χ3v) is 7.51. The van der Waals surface area contributed by atoms with Crippen molar-refractivity contribution in [2.45, 2.75) is 13.5 Å². The molecule has 0 saturated carbocycles. The van der Waals surface area contributed by atoms with Crippen LogP contribution in [0.2, 0.25) is 5.02 Å². The second kappa shape index (κ2) is 9.40. The molecule has 1 aliphatic heterocycles. The third kappa shape index (κ3) is 4.34. The summed E-state index contributed by atoms with van der Waals surface area (Å²) in [6, 6.07) is 17.4. The highest BCUT2D eigenvalue weighted by Gasteiger charge is 2.40. The summed E-state index contributed by atoms with van der Waals surface area (Å²) in [6.45, 7) is 2.03. The normalized spacial score (nSPS) is 15.7. The first-order valence-corrected chi connectivity index (χ1v) is 12.2. The number of methoxy groups -OCH3 is 2. The first-order valence-electron chi connectivity index (χ1n) is 10.4. The largest absolute Gasteiger partial charge is 0.495 e. The predicted molar refractivity (Wildman–Crippen MR) is 133 cm³/mol. The van der Waals surface area contributed by atoms with Crippen LogP contribution in [0.3, 0.4) is 0 Å². The van der Waals surface area contributed by atoms with Gasteiger partial charge in [-0.15, -0.1) is 0 Å². The van der Waals surface area contributed by atoms with E-state index in [1.165, 1.54) is 30.8 Å². The Kier molecular flexibility index (Phi) is 6.54. The minimum atomic E-state index is -4.17. The van der Waals surface area contributed by atoms with E-state index in [2.05, 4.69) is 5.32 Å². The van der Waals surface area contributed by atoms with Crippen LogP contribution in [-0.4, -0.2) is 28.4 Å². The fraction of sp³-hybridized carbons (Fsp3) is 0.160. The maximum Gasteiger partial charge on any atom is 0.270 e. The Balaban J connectivity index is 1.79. The number of nitrogens with zero attached hydrogens (tertiary/aromatic N) is 1. The summed E-state index contributed by atoms with van der Waals surface area (Å²) < 4.78 is 39.1. The highest BCUT2D eigenvalue weighted by Crippen LogP contribution is 2.38. The Bertz CT molecular complexity index is 1400. The quantitative estimate of drug-likeness (QED) is 0.473. The standard InChI is InChI=1S/C25H23ClN2O5S/c1-16-7-6-8-17(11-16)15-28-21-10-5-4-9-18(21)25(29)24(34(28,30)31)14-27-20-12-19(26)22(32-2)13-23(20)33-3/h4-14,27H,15H2,1-3H3. The second-order valence-electron chi connectivity index (χ2n) is 7.69. The van der Waals surface area contributed by atoms with Gasteiger partial charge in [0.15, 0.2) is 4.91 Å². The number of sulfonamides is 1. The highest BCUT2D eigenvalue weighted by molar-refractivity contribution is 7.97. The number of anilines is 2. The number of hydrogen-bond donors (Lipinski definition) is 1. The van der Waals surface area contributed by atoms with E-state index in [1.54, 1.807) is 30.3 Å². The first kappa shape index (κ1) is 23.7. The van der Waals surface area contributed by atoms with Crippen LogP contribution < -0.4 is 19.1 Å². The Labute approximate surface area is 203 Å². The predicted octanol–water partition coefficient (Wildman–Crippen LogP) is 5.15. The molecule has 1 aliphatic rings. The number of halogens is 1. The molecule has 34 heavy (non-hydrogen) atoms. The minimum absolute atomic E-state index is 0.0866. The summed E-state index contributed by atoms with van der Waals surface area (Å²) in [6.07, 6.45) is 1.18. The lowest BCUT2D eigenvalue weighted by atomic mass is 10.1. The summed E-state index contributed by atoms with van der Waals surface area (Å²) in [5, 5.41) is 3.18. The maximum absolute atomic E-state index is 13.6. The van der Waals surface area contributed by atoms with Crippen LogP contribution >= 0.6 is 11.6 Å². The first-order chi connectivity index (χ1) is 16.3. The van der Waals surface area contributed by atoms with Gasteiger partial charge in [-0.05, 0) is 30.7 Å². The summed E-state index contributed by atoms with van der Waals surface area (Å²) in [5.74, 6) is 0.175. The molecule has 3 aromatic carbocycles. The van der Waals surface area contributed by atoms with Crippen molar-refractivity contribution in [2.24, 2.45) is 0 Å². The van der Waals surface area contributed by atoms with Crippen molar-refractivity contribution < 1.29 is 22.7 Å². The molecule has 9 heteroatoms. The fourth-order valence-corrected chi connectivity index (χ4v) is 5.55. The zero-order valence-electron chi connectivity index (χ0n) is 18.8. The van der Waals surface area contributed by atoms with Crippen molar-refractivity contribution in [1.82, 2.24) is 0 Å². The van der Waals surface area contributed by atoms with Crippen LogP contribution in [0.25, 0.3) is 0 Å². The number of hydrogen-bond acceptors (Lipinski definition) is 6. The lowest BCUT2D eigenvalue weighted by Crippen LogP contribution is -2.39. The van der Waals surface area contributed by atoms with Crippen LogP contribution in [0.15, 0.2) is 71.8 Å². The molecule has 0 unspecified atom stereocenters. The lowest BCUT2D eigenvalue weighted by molar-refractivity contribution is 0.104. The number of Topliss-reactive ketones (excluding diaryl/α,β-unsaturated/α-hetero) is 1. The van der Waals surface area contributed by atoms with Crippen LogP contribution in [0.1, 0.15) is 21.5 Å². The molecule has 0 bridgehead atoms. The Morgan fingerprint density at radius 1 is 1.00 bits per heavy atom. The number of para-hydroxylation sites is 1. The van der Waals surface area contributed by atoms with Crippen LogP contribution in [0, 0.1) is 6.92 Å². The van der Waals surface area contributed by atoms with Crippen molar-refractivity contribution in [3.63, 3.8) is 0 Å². The van der Waals surface area contributed by atoms with Crippen molar-refractivity contribution in [1.29, 1.82) is 0 Å². The van der Waals surface area contributed by atoms with Crippen LogP contribution in [0.4, 0.5) is 11.4 Å². The fourth-order valence-electron chi connectivity index (χ4n) is 3.78. The lowest BCUT2D eigenvalue weighted by Gasteiger charge is -2.31. The Hall–Kier alpha value is -3.49. The molecule has 0 aliphatic carbocycles. The number of nitrogens with one attached hydrogen (secondary N) is 1. The van der Waals surface area contributed by atoms with E-state index < -0.39 is 15.8 Å². The van der Waals surface area contributed by atoms with E-state index in [0.29, 0.717) is 33.5 Å². The summed E-state index contributed by atoms with van der Waals surface area (Å²) in [5.41, 5.74) is 2.85. The molecule has 0 amide bonds. The molecule has 3 aromatic rings. The average Bonchev–Trinajstić information content (AvgIpc) is 2.82. The molecule has 0 atom stereocenters. The topological polar surface area (TPSA) is 84.9 Å². The smallest absolute Gasteiger partial charge is 0.270 e. The minimum Gasteiger partial charge on any atom is -0.495 e. The zero-order valence-corrected chi connectivity index (χ0v) is 20.4. The van der Waals surface area contributed by atoms with Gasteiger partial charge in [-0.3, -0.25) is 9.10 Å². The third-order valence-electron chi connectivity index (χ3n) is 5.45. The maximum atomic E-state index is 13.6. The molecule has 0 radical (unpaired) electrons. The van der Waals surface area contributed by atoms with E-state index in [1.807, 2.05) is 31.2 Å². The number of ether oxygens (including phenoxy) is 2. The number of benzene rings is 3. The Morgan fingerprint density at radius 2 is 1.74 bits per heavy atom. The number of ketones is 1. The molecule has 1 heterocycles. The molecular weight excluding hydrogens is 476 g/mol. The molecule has 176 valence electrons. The van der Waals surface area contributed by atoms with E-state index in [-0.39, 0.29) is 11.4 Å². The van der Waals surface area contributed by atoms with Crippen molar-refractivity contribution in [2.75, 3.05) is 23.8 Å². The van der Waals surface area contributed by atoms with Gasteiger partial charge in [-0.25, -0.2) is 8.42 Å². The molecule has 0 fully saturated rings. The van der Waals surface area contributed by atoms with Gasteiger partial charge in [0.25, 0.3) is 10.0 Å². The van der Waals surface area contributed by atoms with Gasteiger partial charge in [0.1, 0.15) is 11.5 Å². The summed E-state index contributed by atoms with van der Waals surface area (Å²) >= 11 is 6.22. The van der Waals surface area contributed by atoms with E-state index in [0.717, 1.165) is 11.1 Å². The number of carbonyl (C=O) groups is 1. The van der Waals surface area contributed by atoms with Gasteiger partial charge in [-0.1, -0.05) is 53.6 Å². The van der Waals surface area contributed by atoms with Crippen molar-refractivity contribution >= 4 is 38.8 Å². The molecule has 0 aromatic heterocycles. The molecule has 4 rings (SSSR count). The van der Waals surface area contributed by atoms with E-state index in [4.69, 9.17) is 21.1 Å². The Morgan fingerprint density at radius 3 is 2.44 bits per heavy atom. The average molecular weight is 499 g/mol. The van der Waals surface area contributed by atoms with Crippen molar-refractivity contribution in [3.05, 3.63) is 93.5 Å². The molecule has 0 spiro atoms. The number of aryl methyl sites for hydroxylation is 1. The molecule has 7 nitrogen and oxygen atoms in total. The van der Waals surface area contributed by atoms with Gasteiger partial charge in [0.2, 0.25) is 5.78 Å². The summed E-state index contributed by atoms with van der Waals surface area (Å²) in [7, 11) is -1.23. The van der Waals surface area contributed by atoms with Gasteiger partial charge < -0.3 is 14.8 Å². The SMILES string of the molecule is COc1cc(OC)c(NC=C2C(=O)c3ccccc3N(Cc3cccc(C)c3)S2(=O)=O)cc1Cl. The van der Waals surface area contributed by atoms with Crippen LogP contribution in [0.5, 0.6) is 11.5 Å². The molecular formula is C25H23ClN2O5S. The molecule has 1 N–H and O–H groups in total. The summed E-state index contributed by atoms with van der Waals surface area (Å²) in [4.78, 5) is 12.9. The van der Waals surface area contributed by atoms with Gasteiger partial charge in [0.05, 0.1) is 37.2 Å². The zero-order chi connectivity index (χ0) is 24.5. The van der Waals surface area contributed by atoms with Gasteiger partial charge in [-0.2, -0.15) is 0 Å². The highest BCUT2D eigenvalue weighted by atomic mass is 35.5. The number of carbonyl (C=O) groups excluding carboxylic acids is 1. The molecule has 0 saturated heterocycles. The van der Waals surface area contributed by atoms with Crippen molar-refractivity contribution in [3.8, 4) is 11.5 Å². The number of allylic oxidation sites excluding steroid dienone is 1. The van der Waals surface area contributed by atoms with Gasteiger partial charge in [0, 0.05) is 17.8 Å². The van der Waals surface area contributed by atoms with Gasteiger partial charge >= 0.3 is 0 Å². The number of rotatable bonds is 6. The number of fused-ring (bicyclic) bond motifs is 1. The van der Waals surface area contributed by atoms with E-state index in [9.17, 15) is 13.2 Å². The van der Waals surface area contributed by atoms with Crippen LogP contribution in [-0.2, 0) is 16.6 Å². The second-order valence-corrected chi connectivity index (χ2v) is 9.92.